The van der Waals surface area contributed by atoms with E-state index in [1.807, 2.05) is 0 Å². The van der Waals surface area contributed by atoms with Crippen molar-refractivity contribution in [1.29, 1.82) is 0 Å². The van der Waals surface area contributed by atoms with Gasteiger partial charge in [-0.05, 0) is 44.4 Å². The summed E-state index contributed by atoms with van der Waals surface area (Å²) in [6, 6.07) is 14.5. The fraction of sp³-hybridized carbons (Fsp3) is 0.321. The molecular weight excluding hydrogens is 497 g/mol. The van der Waals surface area contributed by atoms with Crippen molar-refractivity contribution in [1.82, 2.24) is 10.2 Å². The maximum atomic E-state index is 13.6. The van der Waals surface area contributed by atoms with Crippen LogP contribution in [0, 0.1) is 30.0 Å². The van der Waals surface area contributed by atoms with Crippen LogP contribution in [0.25, 0.3) is 10.9 Å². The standard InChI is InChI=1S/C28H25F3N4O3/c1-32-27(37)25-18-23(13-14-33-25)38-22-8-4-6-19(16-22)9-12-26(36)34-21-11-10-20(7-5-15-35(2)3)24(17-21)28(29,30)31/h8-12,16-17,23,25H,13,15,18H2,1-3H3,(H-,32,34,36,37)/p+1/b12-9+/t23?,25-/m0/s1. The molecule has 38 heavy (non-hydrogen) atoms. The summed E-state index contributed by atoms with van der Waals surface area (Å²) >= 11 is 0. The molecule has 1 aliphatic heterocycles. The van der Waals surface area contributed by atoms with Crippen molar-refractivity contribution in [3.63, 3.8) is 0 Å². The number of carbonyl (C=O) groups excluding carboxylic acids is 2. The van der Waals surface area contributed by atoms with E-state index < -0.39 is 23.7 Å². The topological polar surface area (TPSA) is 75.0 Å². The number of nitrogens with zero attached hydrogens (tertiary/aromatic N) is 2. The van der Waals surface area contributed by atoms with Crippen LogP contribution >= 0.6 is 0 Å². The normalized spacial score (nSPS) is 16.5. The van der Waals surface area contributed by atoms with Crippen molar-refractivity contribution >= 4 is 23.6 Å². The minimum absolute atomic E-state index is 0.0151. The first kappa shape index (κ1) is 28.1. The van der Waals surface area contributed by atoms with Crippen molar-refractivity contribution in [2.24, 2.45) is 0 Å². The van der Waals surface area contributed by atoms with Gasteiger partial charge in [-0.3, -0.25) is 14.5 Å². The molecule has 2 aromatic carbocycles. The third-order valence-electron chi connectivity index (χ3n) is 5.26. The van der Waals surface area contributed by atoms with E-state index in [4.69, 9.17) is 4.74 Å². The van der Waals surface area contributed by atoms with Crippen LogP contribution in [0.2, 0.25) is 0 Å². The maximum Gasteiger partial charge on any atom is 0.417 e. The number of halogens is 3. The van der Waals surface area contributed by atoms with Crippen LogP contribution in [0.3, 0.4) is 0 Å². The molecule has 0 aromatic heterocycles. The van der Waals surface area contributed by atoms with Gasteiger partial charge in [0.2, 0.25) is 5.91 Å². The van der Waals surface area contributed by atoms with Crippen LogP contribution in [-0.2, 0) is 15.8 Å². The molecular formula is C28H26F3N4O3+. The highest BCUT2D eigenvalue weighted by Gasteiger charge is 2.35. The lowest BCUT2D eigenvalue weighted by Crippen LogP contribution is -2.35. The zero-order valence-corrected chi connectivity index (χ0v) is 21.1. The van der Waals surface area contributed by atoms with Crippen LogP contribution in [0.4, 0.5) is 18.9 Å². The van der Waals surface area contributed by atoms with E-state index in [0.29, 0.717) is 30.7 Å². The Morgan fingerprint density at radius 1 is 1.29 bits per heavy atom. The van der Waals surface area contributed by atoms with E-state index in [9.17, 15) is 22.8 Å². The van der Waals surface area contributed by atoms with Gasteiger partial charge in [-0.15, -0.1) is 0 Å². The minimum Gasteiger partial charge on any atom is -0.488 e. The monoisotopic (exact) mass is 523 g/mol. The number of alkyl halides is 3. The van der Waals surface area contributed by atoms with Gasteiger partial charge in [-0.2, -0.15) is 13.2 Å². The van der Waals surface area contributed by atoms with Gasteiger partial charge in [0.05, 0.1) is 18.5 Å². The Bertz CT molecular complexity index is 1330. The fourth-order valence-electron chi connectivity index (χ4n) is 3.45. The third-order valence-corrected chi connectivity index (χ3v) is 5.26. The van der Waals surface area contributed by atoms with Crippen molar-refractivity contribution in [2.75, 3.05) is 33.0 Å². The first-order valence-electron chi connectivity index (χ1n) is 11.6. The first-order valence-corrected chi connectivity index (χ1v) is 11.6. The molecule has 1 heterocycles. The number of rotatable bonds is 7. The van der Waals surface area contributed by atoms with Crippen molar-refractivity contribution in [2.45, 2.75) is 31.2 Å². The van der Waals surface area contributed by atoms with Gasteiger partial charge in [0.1, 0.15) is 18.3 Å². The zero-order valence-electron chi connectivity index (χ0n) is 21.1. The molecule has 1 aliphatic rings. The lowest BCUT2D eigenvalue weighted by Gasteiger charge is -2.16. The van der Waals surface area contributed by atoms with E-state index in [-0.39, 0.29) is 23.3 Å². The molecule has 0 radical (unpaired) electrons. The third kappa shape index (κ3) is 8.30. The zero-order chi connectivity index (χ0) is 27.7. The summed E-state index contributed by atoms with van der Waals surface area (Å²) in [4.78, 5) is 30.0. The Kier molecular flexibility index (Phi) is 9.38. The van der Waals surface area contributed by atoms with Gasteiger partial charge in [0.15, 0.2) is 0 Å². The molecule has 0 spiro atoms. The summed E-state index contributed by atoms with van der Waals surface area (Å²) in [5.41, 5.74) is -0.643. The summed E-state index contributed by atoms with van der Waals surface area (Å²) in [5.74, 6) is 4.83. The fourth-order valence-corrected chi connectivity index (χ4v) is 3.45. The number of hydrogen-bond donors (Lipinski definition) is 2. The Morgan fingerprint density at radius 3 is 2.79 bits per heavy atom. The molecule has 2 aromatic rings. The number of benzene rings is 1. The van der Waals surface area contributed by atoms with Gasteiger partial charge in [-0.25, -0.2) is 0 Å². The second-order valence-corrected chi connectivity index (χ2v) is 8.63. The van der Waals surface area contributed by atoms with Gasteiger partial charge in [-0.1, -0.05) is 28.8 Å². The number of hydrogen-bond acceptors (Lipinski definition) is 4. The summed E-state index contributed by atoms with van der Waals surface area (Å²) in [5, 5.41) is 4.98. The predicted molar refractivity (Wildman–Crippen MR) is 137 cm³/mol. The smallest absolute Gasteiger partial charge is 0.417 e. The molecule has 2 amide bonds. The Morgan fingerprint density at radius 2 is 2.08 bits per heavy atom. The molecule has 3 rings (SSSR count). The molecule has 0 fully saturated rings. The summed E-state index contributed by atoms with van der Waals surface area (Å²) in [7, 11) is 5.06. The van der Waals surface area contributed by atoms with Crippen LogP contribution in [-0.4, -0.2) is 56.5 Å². The van der Waals surface area contributed by atoms with Crippen LogP contribution < -0.4 is 15.4 Å². The van der Waals surface area contributed by atoms with Gasteiger partial charge in [0, 0.05) is 36.0 Å². The number of anilines is 1. The quantitative estimate of drug-likeness (QED) is 0.427. The highest BCUT2D eigenvalue weighted by atomic mass is 19.4. The van der Waals surface area contributed by atoms with E-state index in [2.05, 4.69) is 45.5 Å². The van der Waals surface area contributed by atoms with Crippen molar-refractivity contribution < 1.29 is 27.5 Å². The van der Waals surface area contributed by atoms with E-state index in [1.54, 1.807) is 31.1 Å². The molecule has 1 unspecified atom stereocenters. The second-order valence-electron chi connectivity index (χ2n) is 8.63. The van der Waals surface area contributed by atoms with E-state index in [1.165, 1.54) is 31.3 Å². The molecule has 0 bridgehead atoms. The SMILES string of the molecule is CNC(=O)[C@@H]1CC(Oc2cc#cc(/C=C/C(=O)Nc3ccc(C#CCN(C)C)c(C(F)(F)F)c3)c2)CC#[N+]1. The van der Waals surface area contributed by atoms with E-state index >= 15 is 0 Å². The lowest BCUT2D eigenvalue weighted by molar-refractivity contribution is -0.137. The van der Waals surface area contributed by atoms with Crippen LogP contribution in [0.15, 0.2) is 36.4 Å². The first-order chi connectivity index (χ1) is 18.0. The highest BCUT2D eigenvalue weighted by molar-refractivity contribution is 6.02. The minimum atomic E-state index is -4.63. The Labute approximate surface area is 219 Å². The van der Waals surface area contributed by atoms with Crippen molar-refractivity contribution in [3.8, 4) is 23.7 Å². The number of carbonyl (C=O) groups is 2. The molecule has 2 atom stereocenters. The average molecular weight is 524 g/mol. The van der Waals surface area contributed by atoms with Gasteiger partial charge >= 0.3 is 18.1 Å². The number of nitrogens with one attached hydrogen (secondary N) is 2. The Balaban J connectivity index is 1.66. The number of ether oxygens (including phenoxy) is 1. The summed E-state index contributed by atoms with van der Waals surface area (Å²) in [6.07, 6.45) is -1.54. The molecule has 2 N–H and O–H groups in total. The second kappa shape index (κ2) is 12.7. The number of amides is 2. The molecule has 7 nitrogen and oxygen atoms in total. The van der Waals surface area contributed by atoms with Gasteiger partial charge < -0.3 is 15.4 Å². The molecule has 10 heteroatoms. The highest BCUT2D eigenvalue weighted by Crippen LogP contribution is 2.33. The predicted octanol–water partition coefficient (Wildman–Crippen LogP) is 3.86. The van der Waals surface area contributed by atoms with Crippen molar-refractivity contribution in [3.05, 3.63) is 70.1 Å². The largest absolute Gasteiger partial charge is 0.488 e. The van der Waals surface area contributed by atoms with Crippen LogP contribution in [0.5, 0.6) is 5.75 Å². The lowest BCUT2D eigenvalue weighted by atomic mass is 10.0. The average Bonchev–Trinajstić information content (AvgIpc) is 2.87. The maximum absolute atomic E-state index is 13.6. The Hall–Kier alpha value is -4.46. The van der Waals surface area contributed by atoms with E-state index in [0.717, 1.165) is 6.07 Å². The summed E-state index contributed by atoms with van der Waals surface area (Å²) in [6.45, 7) is 0.311. The van der Waals surface area contributed by atoms with Crippen LogP contribution in [0.1, 0.15) is 29.5 Å². The van der Waals surface area contributed by atoms with Gasteiger partial charge in [0.25, 0.3) is 6.07 Å². The molecule has 0 aliphatic carbocycles. The molecule has 196 valence electrons. The summed E-state index contributed by atoms with van der Waals surface area (Å²) < 4.78 is 46.6. The number of likely N-dealkylation sites (N-methyl/N-ethyl adjacent to an activating group) is 1. The molecule has 0 saturated heterocycles. The molecule has 0 saturated carbocycles.